The number of hydrogen-bond donors (Lipinski definition) is 2. The van der Waals surface area contributed by atoms with E-state index in [-0.39, 0.29) is 6.03 Å². The molecule has 2 amide bonds. The van der Waals surface area contributed by atoms with Gasteiger partial charge < -0.3 is 20.4 Å². The highest BCUT2D eigenvalue weighted by molar-refractivity contribution is 6.30. The Morgan fingerprint density at radius 1 is 1.33 bits per heavy atom. The Kier molecular flexibility index (Phi) is 5.64. The second kappa shape index (κ2) is 7.72. The van der Waals surface area contributed by atoms with E-state index in [1.54, 1.807) is 12.1 Å². The molecule has 132 valence electrons. The molecule has 0 radical (unpaired) electrons. The maximum absolute atomic E-state index is 12.5. The number of amides is 2. The molecule has 0 aliphatic carbocycles. The normalized spacial score (nSPS) is 25.5. The van der Waals surface area contributed by atoms with Crippen LogP contribution < -0.4 is 10.6 Å². The minimum absolute atomic E-state index is 0.0344. The first-order chi connectivity index (χ1) is 11.5. The highest BCUT2D eigenvalue weighted by atomic mass is 35.5. The molecule has 1 atom stereocenters. The number of carbonyl (C=O) groups is 1. The third-order valence-corrected chi connectivity index (χ3v) is 5.25. The van der Waals surface area contributed by atoms with Crippen molar-refractivity contribution in [3.63, 3.8) is 0 Å². The Balaban J connectivity index is 1.52. The molecule has 2 saturated heterocycles. The topological polar surface area (TPSA) is 47.6 Å². The summed E-state index contributed by atoms with van der Waals surface area (Å²) >= 11 is 5.98. The number of urea groups is 1. The van der Waals surface area contributed by atoms with Gasteiger partial charge in [-0.15, -0.1) is 0 Å². The molecule has 6 heteroatoms. The Hall–Kier alpha value is -1.30. The fourth-order valence-electron chi connectivity index (χ4n) is 3.64. The molecule has 0 spiro atoms. The number of halogens is 1. The quantitative estimate of drug-likeness (QED) is 0.881. The molecule has 0 aromatic heterocycles. The van der Waals surface area contributed by atoms with E-state index in [0.29, 0.717) is 10.4 Å². The zero-order valence-corrected chi connectivity index (χ0v) is 15.1. The van der Waals surface area contributed by atoms with E-state index >= 15 is 0 Å². The van der Waals surface area contributed by atoms with Crippen LogP contribution in [0.1, 0.15) is 19.8 Å². The van der Waals surface area contributed by atoms with Crippen LogP contribution >= 0.6 is 11.6 Å². The molecule has 24 heavy (non-hydrogen) atoms. The largest absolute Gasteiger partial charge is 0.323 e. The summed E-state index contributed by atoms with van der Waals surface area (Å²) in [7, 11) is 0. The van der Waals surface area contributed by atoms with Gasteiger partial charge in [0.05, 0.1) is 0 Å². The van der Waals surface area contributed by atoms with Crippen molar-refractivity contribution in [1.82, 2.24) is 15.1 Å². The van der Waals surface area contributed by atoms with Crippen molar-refractivity contribution in [2.75, 3.05) is 51.1 Å². The van der Waals surface area contributed by atoms with Gasteiger partial charge in [-0.2, -0.15) is 0 Å². The van der Waals surface area contributed by atoms with Crippen LogP contribution in [0.2, 0.25) is 5.02 Å². The van der Waals surface area contributed by atoms with E-state index < -0.39 is 0 Å². The maximum atomic E-state index is 12.5. The van der Waals surface area contributed by atoms with Gasteiger partial charge in [0.1, 0.15) is 0 Å². The fourth-order valence-corrected chi connectivity index (χ4v) is 3.83. The molecule has 3 rings (SSSR count). The van der Waals surface area contributed by atoms with E-state index in [4.69, 9.17) is 11.6 Å². The zero-order valence-electron chi connectivity index (χ0n) is 14.4. The molecule has 2 aliphatic rings. The summed E-state index contributed by atoms with van der Waals surface area (Å²) in [5, 5.41) is 7.05. The van der Waals surface area contributed by atoms with Gasteiger partial charge >= 0.3 is 6.03 Å². The molecule has 1 aromatic rings. The Bertz CT molecular complexity index is 574. The number of nitrogens with one attached hydrogen (secondary N) is 2. The predicted octanol–water partition coefficient (Wildman–Crippen LogP) is 2.88. The van der Waals surface area contributed by atoms with E-state index in [1.807, 2.05) is 17.0 Å². The highest BCUT2D eigenvalue weighted by Gasteiger charge is 2.31. The summed E-state index contributed by atoms with van der Waals surface area (Å²) in [6.07, 6.45) is 2.26. The van der Waals surface area contributed by atoms with Crippen LogP contribution in [0.15, 0.2) is 24.3 Å². The first-order valence-electron chi connectivity index (χ1n) is 8.79. The van der Waals surface area contributed by atoms with Crippen molar-refractivity contribution in [3.05, 3.63) is 29.3 Å². The Morgan fingerprint density at radius 2 is 2.21 bits per heavy atom. The lowest BCUT2D eigenvalue weighted by atomic mass is 9.89. The van der Waals surface area contributed by atoms with E-state index in [1.165, 1.54) is 6.42 Å². The first kappa shape index (κ1) is 17.5. The standard InChI is InChI=1S/C18H27ClN4O/c1-18(6-7-20-13-18)14-22-8-3-9-23(11-10-22)17(24)21-16-5-2-4-15(19)12-16/h2,4-5,12,20H,3,6-11,13-14H2,1H3,(H,21,24). The lowest BCUT2D eigenvalue weighted by molar-refractivity contribution is 0.180. The fraction of sp³-hybridized carbons (Fsp3) is 0.611. The molecule has 2 N–H and O–H groups in total. The van der Waals surface area contributed by atoms with Crippen LogP contribution in [0.25, 0.3) is 0 Å². The van der Waals surface area contributed by atoms with Crippen molar-refractivity contribution in [3.8, 4) is 0 Å². The van der Waals surface area contributed by atoms with Crippen molar-refractivity contribution in [2.45, 2.75) is 19.8 Å². The van der Waals surface area contributed by atoms with Crippen LogP contribution in [0.4, 0.5) is 10.5 Å². The average molecular weight is 351 g/mol. The van der Waals surface area contributed by atoms with Gasteiger partial charge in [0, 0.05) is 43.4 Å². The lowest BCUT2D eigenvalue weighted by Gasteiger charge is -2.31. The minimum atomic E-state index is -0.0344. The number of hydrogen-bond acceptors (Lipinski definition) is 3. The van der Waals surface area contributed by atoms with Gasteiger partial charge in [-0.25, -0.2) is 4.79 Å². The number of nitrogens with zero attached hydrogens (tertiary/aromatic N) is 2. The van der Waals surface area contributed by atoms with Crippen LogP contribution in [0, 0.1) is 5.41 Å². The second-order valence-electron chi connectivity index (χ2n) is 7.29. The summed E-state index contributed by atoms with van der Waals surface area (Å²) in [5.74, 6) is 0. The zero-order chi connectivity index (χ0) is 17.0. The van der Waals surface area contributed by atoms with Crippen molar-refractivity contribution in [1.29, 1.82) is 0 Å². The van der Waals surface area contributed by atoms with Gasteiger partial charge in [-0.1, -0.05) is 24.6 Å². The summed E-state index contributed by atoms with van der Waals surface area (Å²) in [6, 6.07) is 7.25. The predicted molar refractivity (Wildman–Crippen MR) is 98.7 cm³/mol. The highest BCUT2D eigenvalue weighted by Crippen LogP contribution is 2.26. The molecule has 5 nitrogen and oxygen atoms in total. The minimum Gasteiger partial charge on any atom is -0.323 e. The van der Waals surface area contributed by atoms with Crippen LogP contribution in [-0.2, 0) is 0 Å². The second-order valence-corrected chi connectivity index (χ2v) is 7.73. The molecule has 1 unspecified atom stereocenters. The van der Waals surface area contributed by atoms with Gasteiger partial charge in [0.2, 0.25) is 0 Å². The van der Waals surface area contributed by atoms with Crippen molar-refractivity contribution < 1.29 is 4.79 Å². The summed E-state index contributed by atoms with van der Waals surface area (Å²) < 4.78 is 0. The van der Waals surface area contributed by atoms with Gasteiger partial charge in [0.15, 0.2) is 0 Å². The molecular weight excluding hydrogens is 324 g/mol. The maximum Gasteiger partial charge on any atom is 0.321 e. The third-order valence-electron chi connectivity index (χ3n) is 5.01. The summed E-state index contributed by atoms with van der Waals surface area (Å²) in [6.45, 7) is 9.29. The molecule has 2 fully saturated rings. The number of anilines is 1. The third kappa shape index (κ3) is 4.62. The van der Waals surface area contributed by atoms with E-state index in [9.17, 15) is 4.79 Å². The molecule has 1 aromatic carbocycles. The van der Waals surface area contributed by atoms with Gasteiger partial charge in [0.25, 0.3) is 0 Å². The molecule has 0 bridgehead atoms. The smallest absolute Gasteiger partial charge is 0.321 e. The molecule has 0 saturated carbocycles. The Labute approximate surface area is 149 Å². The van der Waals surface area contributed by atoms with Crippen molar-refractivity contribution in [2.24, 2.45) is 5.41 Å². The van der Waals surface area contributed by atoms with Gasteiger partial charge in [-0.05, 0) is 49.5 Å². The number of carbonyl (C=O) groups excluding carboxylic acids is 1. The average Bonchev–Trinajstić information content (AvgIpc) is 2.82. The monoisotopic (exact) mass is 350 g/mol. The molecule has 2 aliphatic heterocycles. The summed E-state index contributed by atoms with van der Waals surface area (Å²) in [5.41, 5.74) is 1.12. The molecular formula is C18H27ClN4O. The SMILES string of the molecule is CC1(CN2CCCN(C(=O)Nc3cccc(Cl)c3)CC2)CCNC1. The Morgan fingerprint density at radius 3 is 2.96 bits per heavy atom. The van der Waals surface area contributed by atoms with E-state index in [2.05, 4.69) is 22.5 Å². The van der Waals surface area contributed by atoms with Crippen LogP contribution in [0.3, 0.4) is 0 Å². The van der Waals surface area contributed by atoms with Crippen LogP contribution in [-0.4, -0.2) is 61.6 Å². The van der Waals surface area contributed by atoms with Gasteiger partial charge in [-0.3, -0.25) is 0 Å². The molecule has 2 heterocycles. The number of benzene rings is 1. The summed E-state index contributed by atoms with van der Waals surface area (Å²) in [4.78, 5) is 16.9. The number of rotatable bonds is 3. The van der Waals surface area contributed by atoms with Crippen LogP contribution in [0.5, 0.6) is 0 Å². The van der Waals surface area contributed by atoms with Crippen molar-refractivity contribution >= 4 is 23.3 Å². The first-order valence-corrected chi connectivity index (χ1v) is 9.16. The van der Waals surface area contributed by atoms with E-state index in [0.717, 1.165) is 57.9 Å². The lowest BCUT2D eigenvalue weighted by Crippen LogP contribution is -2.41.